The number of hydrogen-bond donors (Lipinski definition) is 1. The van der Waals surface area contributed by atoms with Crippen LogP contribution in [0.15, 0.2) is 34.6 Å². The van der Waals surface area contributed by atoms with E-state index in [-0.39, 0.29) is 6.61 Å². The first-order valence-corrected chi connectivity index (χ1v) is 6.80. The molecule has 1 unspecified atom stereocenters. The van der Waals surface area contributed by atoms with Gasteiger partial charge in [0.2, 0.25) is 0 Å². The van der Waals surface area contributed by atoms with E-state index >= 15 is 0 Å². The summed E-state index contributed by atoms with van der Waals surface area (Å²) in [5.74, 6) is 0. The number of aliphatic hydroxyl groups excluding tert-OH is 1. The summed E-state index contributed by atoms with van der Waals surface area (Å²) >= 11 is 3.70. The molecule has 0 spiro atoms. The molecule has 1 heterocycles. The lowest BCUT2D eigenvalue weighted by atomic mass is 10.2. The molecule has 1 nitrogen and oxygen atoms in total. The Kier molecular flexibility index (Phi) is 3.78. The Bertz CT molecular complexity index is 356. The van der Waals surface area contributed by atoms with E-state index in [1.807, 2.05) is 23.5 Å². The van der Waals surface area contributed by atoms with Crippen molar-refractivity contribution in [2.24, 2.45) is 0 Å². The van der Waals surface area contributed by atoms with Crippen LogP contribution in [0.1, 0.15) is 22.1 Å². The molecule has 80 valence electrons. The molecule has 15 heavy (non-hydrogen) atoms. The lowest BCUT2D eigenvalue weighted by molar-refractivity contribution is 0.302. The molecule has 1 aromatic rings. The first-order valence-electron chi connectivity index (χ1n) is 4.98. The normalized spacial score (nSPS) is 20.4. The smallest absolute Gasteiger partial charge is 0.0836 e. The molecule has 0 aromatic heterocycles. The van der Waals surface area contributed by atoms with Gasteiger partial charge in [0.05, 0.1) is 4.58 Å². The number of aryl methyl sites for hydroxylation is 1. The van der Waals surface area contributed by atoms with Crippen LogP contribution in [0.5, 0.6) is 0 Å². The minimum atomic E-state index is 0.250. The molecule has 1 aromatic carbocycles. The second-order valence-electron chi connectivity index (χ2n) is 3.55. The zero-order valence-corrected chi connectivity index (χ0v) is 10.3. The monoisotopic (exact) mass is 238 g/mol. The predicted molar refractivity (Wildman–Crippen MR) is 68.9 cm³/mol. The van der Waals surface area contributed by atoms with Crippen LogP contribution in [0.3, 0.4) is 0 Å². The van der Waals surface area contributed by atoms with Gasteiger partial charge in [-0.1, -0.05) is 29.8 Å². The average Bonchev–Trinajstić information content (AvgIpc) is 2.68. The van der Waals surface area contributed by atoms with E-state index in [9.17, 15) is 0 Å². The third-order valence-electron chi connectivity index (χ3n) is 2.29. The van der Waals surface area contributed by atoms with Crippen molar-refractivity contribution >= 4 is 23.5 Å². The predicted octanol–water partition coefficient (Wildman–Crippen LogP) is 3.70. The molecule has 0 fully saturated rings. The first kappa shape index (κ1) is 11.1. The Morgan fingerprint density at radius 1 is 1.27 bits per heavy atom. The van der Waals surface area contributed by atoms with Crippen molar-refractivity contribution in [1.29, 1.82) is 0 Å². The van der Waals surface area contributed by atoms with E-state index in [2.05, 4.69) is 36.6 Å². The highest BCUT2D eigenvalue weighted by atomic mass is 32.2. The largest absolute Gasteiger partial charge is 0.396 e. The molecular weight excluding hydrogens is 224 g/mol. The molecule has 0 saturated carbocycles. The fourth-order valence-corrected chi connectivity index (χ4v) is 4.06. The van der Waals surface area contributed by atoms with Gasteiger partial charge in [-0.2, -0.15) is 0 Å². The summed E-state index contributed by atoms with van der Waals surface area (Å²) in [6.45, 7) is 2.36. The number of benzene rings is 1. The summed E-state index contributed by atoms with van der Waals surface area (Å²) in [5.41, 5.74) is 2.66. The van der Waals surface area contributed by atoms with Crippen molar-refractivity contribution < 1.29 is 5.11 Å². The maximum Gasteiger partial charge on any atom is 0.0836 e. The third kappa shape index (κ3) is 2.80. The van der Waals surface area contributed by atoms with Crippen molar-refractivity contribution in [2.75, 3.05) is 6.61 Å². The summed E-state index contributed by atoms with van der Waals surface area (Å²) in [6, 6.07) is 8.69. The minimum absolute atomic E-state index is 0.250. The lowest BCUT2D eigenvalue weighted by Gasteiger charge is -2.09. The summed E-state index contributed by atoms with van der Waals surface area (Å²) in [5, 5.41) is 11.0. The van der Waals surface area contributed by atoms with Gasteiger partial charge in [0.1, 0.15) is 0 Å². The van der Waals surface area contributed by atoms with E-state index in [4.69, 9.17) is 5.11 Å². The highest BCUT2D eigenvalue weighted by molar-refractivity contribution is 8.22. The minimum Gasteiger partial charge on any atom is -0.396 e. The standard InChI is InChI=1S/C12H14OS2/c1-9-2-4-10(5-3-9)12-14-8-11(15-12)6-7-13/h2-5,8,12-13H,6-7H2,1H3. The van der Waals surface area contributed by atoms with Crippen molar-refractivity contribution in [1.82, 2.24) is 0 Å². The van der Waals surface area contributed by atoms with Crippen LogP contribution in [-0.2, 0) is 0 Å². The molecule has 1 atom stereocenters. The third-order valence-corrected chi connectivity index (χ3v) is 5.11. The maximum atomic E-state index is 8.86. The summed E-state index contributed by atoms with van der Waals surface area (Å²) in [6.07, 6.45) is 0.792. The zero-order valence-electron chi connectivity index (χ0n) is 8.64. The van der Waals surface area contributed by atoms with Crippen molar-refractivity contribution in [3.63, 3.8) is 0 Å². The molecule has 2 rings (SSSR count). The Morgan fingerprint density at radius 3 is 2.67 bits per heavy atom. The molecule has 3 heteroatoms. The topological polar surface area (TPSA) is 20.2 Å². The van der Waals surface area contributed by atoms with Gasteiger partial charge in [-0.05, 0) is 22.8 Å². The van der Waals surface area contributed by atoms with Crippen LogP contribution >= 0.6 is 23.5 Å². The summed E-state index contributed by atoms with van der Waals surface area (Å²) in [7, 11) is 0. The van der Waals surface area contributed by atoms with E-state index in [0.717, 1.165) is 6.42 Å². The van der Waals surface area contributed by atoms with Gasteiger partial charge < -0.3 is 5.11 Å². The van der Waals surface area contributed by atoms with Gasteiger partial charge in [-0.3, -0.25) is 0 Å². The number of hydrogen-bond acceptors (Lipinski definition) is 3. The maximum absolute atomic E-state index is 8.86. The van der Waals surface area contributed by atoms with Crippen LogP contribution < -0.4 is 0 Å². The first-order chi connectivity index (χ1) is 7.29. The molecule has 1 N–H and O–H groups in total. The van der Waals surface area contributed by atoms with Crippen molar-refractivity contribution in [3.8, 4) is 0 Å². The lowest BCUT2D eigenvalue weighted by Crippen LogP contribution is -1.86. The second-order valence-corrected chi connectivity index (χ2v) is 6.06. The molecule has 0 bridgehead atoms. The zero-order chi connectivity index (χ0) is 10.7. The van der Waals surface area contributed by atoms with Gasteiger partial charge in [0, 0.05) is 13.0 Å². The number of aliphatic hydroxyl groups is 1. The van der Waals surface area contributed by atoms with Gasteiger partial charge in [0.25, 0.3) is 0 Å². The molecule has 0 amide bonds. The Morgan fingerprint density at radius 2 is 2.00 bits per heavy atom. The van der Waals surface area contributed by atoms with Gasteiger partial charge in [-0.25, -0.2) is 0 Å². The van der Waals surface area contributed by atoms with Gasteiger partial charge in [0.15, 0.2) is 0 Å². The Labute approximate surface area is 99.0 Å². The van der Waals surface area contributed by atoms with Crippen LogP contribution in [0, 0.1) is 6.92 Å². The number of rotatable bonds is 3. The Hall–Kier alpha value is -0.380. The van der Waals surface area contributed by atoms with Crippen LogP contribution in [-0.4, -0.2) is 11.7 Å². The van der Waals surface area contributed by atoms with Crippen molar-refractivity contribution in [3.05, 3.63) is 45.7 Å². The van der Waals surface area contributed by atoms with Crippen LogP contribution in [0.2, 0.25) is 0 Å². The quantitative estimate of drug-likeness (QED) is 0.867. The highest BCUT2D eigenvalue weighted by Crippen LogP contribution is 2.51. The van der Waals surface area contributed by atoms with Crippen LogP contribution in [0.4, 0.5) is 0 Å². The van der Waals surface area contributed by atoms with Crippen molar-refractivity contribution in [2.45, 2.75) is 17.9 Å². The van der Waals surface area contributed by atoms with E-state index < -0.39 is 0 Å². The fraction of sp³-hybridized carbons (Fsp3) is 0.333. The van der Waals surface area contributed by atoms with Gasteiger partial charge in [-0.15, -0.1) is 23.5 Å². The van der Waals surface area contributed by atoms with E-state index in [1.54, 1.807) is 0 Å². The molecular formula is C12H14OS2. The van der Waals surface area contributed by atoms with E-state index in [1.165, 1.54) is 16.0 Å². The SMILES string of the molecule is Cc1ccc(C2SC=C(CCO)S2)cc1. The fourth-order valence-electron chi connectivity index (χ4n) is 1.43. The summed E-state index contributed by atoms with van der Waals surface area (Å²) in [4.78, 5) is 1.30. The van der Waals surface area contributed by atoms with E-state index in [0.29, 0.717) is 4.58 Å². The summed E-state index contributed by atoms with van der Waals surface area (Å²) < 4.78 is 0.479. The average molecular weight is 238 g/mol. The molecule has 0 saturated heterocycles. The second kappa shape index (κ2) is 5.10. The Balaban J connectivity index is 2.01. The number of thioether (sulfide) groups is 2. The van der Waals surface area contributed by atoms with Crippen LogP contribution in [0.25, 0.3) is 0 Å². The van der Waals surface area contributed by atoms with Gasteiger partial charge >= 0.3 is 0 Å². The molecule has 1 aliphatic heterocycles. The molecule has 1 aliphatic rings. The molecule has 0 aliphatic carbocycles. The molecule has 0 radical (unpaired) electrons. The highest BCUT2D eigenvalue weighted by Gasteiger charge is 2.19.